The zero-order chi connectivity index (χ0) is 18.2. The van der Waals surface area contributed by atoms with Gasteiger partial charge < -0.3 is 20.5 Å². The second-order valence-corrected chi connectivity index (χ2v) is 5.56. The van der Waals surface area contributed by atoms with Gasteiger partial charge in [0.2, 0.25) is 0 Å². The molecule has 0 radical (unpaired) electrons. The first-order valence-electron chi connectivity index (χ1n) is 7.93. The monoisotopic (exact) mass is 342 g/mol. The number of rotatable bonds is 8. The van der Waals surface area contributed by atoms with Crippen LogP contribution in [-0.4, -0.2) is 32.1 Å². The van der Waals surface area contributed by atoms with E-state index < -0.39 is 5.91 Å². The maximum Gasteiger partial charge on any atom is 0.257 e. The third-order valence-corrected chi connectivity index (χ3v) is 3.67. The highest BCUT2D eigenvalue weighted by Crippen LogP contribution is 2.20. The summed E-state index contributed by atoms with van der Waals surface area (Å²) in [6, 6.07) is 12.7. The quantitative estimate of drug-likeness (QED) is 0.766. The van der Waals surface area contributed by atoms with Crippen molar-refractivity contribution < 1.29 is 19.1 Å². The van der Waals surface area contributed by atoms with Crippen LogP contribution in [0, 0.1) is 6.92 Å². The van der Waals surface area contributed by atoms with Crippen molar-refractivity contribution in [3.63, 3.8) is 0 Å². The van der Waals surface area contributed by atoms with Gasteiger partial charge in [0.25, 0.3) is 11.8 Å². The van der Waals surface area contributed by atoms with E-state index in [-0.39, 0.29) is 18.1 Å². The summed E-state index contributed by atoms with van der Waals surface area (Å²) in [5, 5.41) is 2.78. The van der Waals surface area contributed by atoms with Crippen molar-refractivity contribution >= 4 is 11.8 Å². The van der Waals surface area contributed by atoms with Crippen molar-refractivity contribution in [1.82, 2.24) is 5.32 Å². The van der Waals surface area contributed by atoms with Gasteiger partial charge in [-0.2, -0.15) is 0 Å². The topological polar surface area (TPSA) is 90.7 Å². The number of amides is 2. The second-order valence-electron chi connectivity index (χ2n) is 5.56. The molecule has 6 nitrogen and oxygen atoms in total. The lowest BCUT2D eigenvalue weighted by Gasteiger charge is -2.11. The van der Waals surface area contributed by atoms with Crippen molar-refractivity contribution in [2.24, 2.45) is 5.73 Å². The smallest absolute Gasteiger partial charge is 0.257 e. The molecule has 2 amide bonds. The molecule has 2 aromatic rings. The molecule has 0 fully saturated rings. The third kappa shape index (κ3) is 5.24. The summed E-state index contributed by atoms with van der Waals surface area (Å²) in [4.78, 5) is 23.3. The fourth-order valence-electron chi connectivity index (χ4n) is 2.39. The van der Waals surface area contributed by atoms with Crippen LogP contribution < -0.4 is 20.5 Å². The molecule has 132 valence electrons. The molecule has 0 unspecified atom stereocenters. The highest BCUT2D eigenvalue weighted by atomic mass is 16.5. The molecule has 0 aromatic heterocycles. The van der Waals surface area contributed by atoms with Crippen molar-refractivity contribution in [3.8, 4) is 11.5 Å². The van der Waals surface area contributed by atoms with Gasteiger partial charge in [-0.1, -0.05) is 24.3 Å². The van der Waals surface area contributed by atoms with Crippen LogP contribution in [0.2, 0.25) is 0 Å². The van der Waals surface area contributed by atoms with Crippen LogP contribution in [0.25, 0.3) is 0 Å². The van der Waals surface area contributed by atoms with Crippen LogP contribution in [0.1, 0.15) is 21.5 Å². The summed E-state index contributed by atoms with van der Waals surface area (Å²) in [5.74, 6) is 0.240. The van der Waals surface area contributed by atoms with Crippen molar-refractivity contribution in [2.45, 2.75) is 13.3 Å². The number of primary amides is 1. The maximum atomic E-state index is 11.9. The molecule has 6 heteroatoms. The Morgan fingerprint density at radius 3 is 2.60 bits per heavy atom. The number of nitrogens with one attached hydrogen (secondary N) is 1. The fourth-order valence-corrected chi connectivity index (χ4v) is 2.39. The number of methoxy groups -OCH3 is 1. The molecule has 25 heavy (non-hydrogen) atoms. The Bertz CT molecular complexity index is 759. The Morgan fingerprint density at radius 1 is 1.12 bits per heavy atom. The molecular formula is C19H22N2O4. The van der Waals surface area contributed by atoms with Crippen LogP contribution in [0.3, 0.4) is 0 Å². The Kier molecular flexibility index (Phi) is 6.39. The molecule has 2 rings (SSSR count). The zero-order valence-electron chi connectivity index (χ0n) is 14.4. The number of nitrogens with two attached hydrogens (primary N) is 1. The lowest BCUT2D eigenvalue weighted by atomic mass is 10.1. The van der Waals surface area contributed by atoms with Crippen LogP contribution in [-0.2, 0) is 11.2 Å². The molecule has 0 atom stereocenters. The minimum absolute atomic E-state index is 0.185. The van der Waals surface area contributed by atoms with E-state index in [0.29, 0.717) is 18.7 Å². The normalized spacial score (nSPS) is 10.2. The van der Waals surface area contributed by atoms with Crippen LogP contribution >= 0.6 is 0 Å². The van der Waals surface area contributed by atoms with E-state index in [1.54, 1.807) is 25.3 Å². The first kappa shape index (κ1) is 18.3. The number of aryl methyl sites for hydroxylation is 1. The molecular weight excluding hydrogens is 320 g/mol. The molecule has 0 spiro atoms. The van der Waals surface area contributed by atoms with E-state index in [2.05, 4.69) is 5.32 Å². The van der Waals surface area contributed by atoms with Gasteiger partial charge in [0, 0.05) is 6.54 Å². The Hall–Kier alpha value is -3.02. The molecule has 0 bridgehead atoms. The van der Waals surface area contributed by atoms with Crippen LogP contribution in [0.15, 0.2) is 42.5 Å². The summed E-state index contributed by atoms with van der Waals surface area (Å²) in [7, 11) is 1.61. The molecule has 0 aliphatic heterocycles. The Morgan fingerprint density at radius 2 is 1.88 bits per heavy atom. The van der Waals surface area contributed by atoms with Gasteiger partial charge in [-0.3, -0.25) is 9.59 Å². The molecule has 0 saturated carbocycles. The molecule has 0 heterocycles. The summed E-state index contributed by atoms with van der Waals surface area (Å²) in [5.41, 5.74) is 7.50. The first-order chi connectivity index (χ1) is 12.0. The van der Waals surface area contributed by atoms with Gasteiger partial charge in [-0.15, -0.1) is 0 Å². The predicted octanol–water partition coefficient (Wildman–Crippen LogP) is 1.84. The number of para-hydroxylation sites is 1. The molecule has 0 aliphatic rings. The van der Waals surface area contributed by atoms with Gasteiger partial charge >= 0.3 is 0 Å². The van der Waals surface area contributed by atoms with Gasteiger partial charge in [-0.25, -0.2) is 0 Å². The van der Waals surface area contributed by atoms with Crippen molar-refractivity contribution in [2.75, 3.05) is 20.3 Å². The van der Waals surface area contributed by atoms with Crippen LogP contribution in [0.5, 0.6) is 11.5 Å². The number of carbonyl (C=O) groups excluding carboxylic acids is 2. The largest absolute Gasteiger partial charge is 0.496 e. The Labute approximate surface area is 146 Å². The van der Waals surface area contributed by atoms with Crippen molar-refractivity contribution in [1.29, 1.82) is 0 Å². The number of hydrogen-bond donors (Lipinski definition) is 2. The van der Waals surface area contributed by atoms with Crippen LogP contribution in [0.4, 0.5) is 0 Å². The maximum absolute atomic E-state index is 11.9. The predicted molar refractivity (Wildman–Crippen MR) is 94.9 cm³/mol. The summed E-state index contributed by atoms with van der Waals surface area (Å²) in [6.45, 7) is 2.14. The second kappa shape index (κ2) is 8.73. The van der Waals surface area contributed by atoms with E-state index in [9.17, 15) is 9.59 Å². The number of ether oxygens (including phenoxy) is 2. The highest BCUT2D eigenvalue weighted by Gasteiger charge is 2.11. The molecule has 0 aliphatic carbocycles. The molecule has 2 aromatic carbocycles. The van der Waals surface area contributed by atoms with E-state index in [0.717, 1.165) is 16.9 Å². The molecule has 0 saturated heterocycles. The zero-order valence-corrected chi connectivity index (χ0v) is 14.4. The summed E-state index contributed by atoms with van der Waals surface area (Å²) >= 11 is 0. The van der Waals surface area contributed by atoms with Gasteiger partial charge in [0.05, 0.1) is 12.7 Å². The summed E-state index contributed by atoms with van der Waals surface area (Å²) < 4.78 is 10.7. The number of benzene rings is 2. The van der Waals surface area contributed by atoms with E-state index in [1.807, 2.05) is 31.2 Å². The number of carbonyl (C=O) groups is 2. The van der Waals surface area contributed by atoms with Gasteiger partial charge in [0.15, 0.2) is 6.61 Å². The third-order valence-electron chi connectivity index (χ3n) is 3.67. The first-order valence-corrected chi connectivity index (χ1v) is 7.93. The standard InChI is InChI=1S/C19H22N2O4/c1-13-7-8-15(19(20)23)17(11-13)25-12-18(22)21-10-9-14-5-3-4-6-16(14)24-2/h3-8,11H,9-10,12H2,1-2H3,(H2,20,23)(H,21,22). The summed E-state index contributed by atoms with van der Waals surface area (Å²) in [6.07, 6.45) is 0.646. The van der Waals surface area contributed by atoms with E-state index >= 15 is 0 Å². The van der Waals surface area contributed by atoms with Gasteiger partial charge in [0.1, 0.15) is 11.5 Å². The SMILES string of the molecule is COc1ccccc1CCNC(=O)COc1cc(C)ccc1C(N)=O. The lowest BCUT2D eigenvalue weighted by Crippen LogP contribution is -2.31. The average molecular weight is 342 g/mol. The van der Waals surface area contributed by atoms with Crippen molar-refractivity contribution in [3.05, 3.63) is 59.2 Å². The molecule has 3 N–H and O–H groups in total. The van der Waals surface area contributed by atoms with E-state index in [4.69, 9.17) is 15.2 Å². The fraction of sp³-hybridized carbons (Fsp3) is 0.263. The number of hydrogen-bond acceptors (Lipinski definition) is 4. The minimum Gasteiger partial charge on any atom is -0.496 e. The minimum atomic E-state index is -0.591. The average Bonchev–Trinajstić information content (AvgIpc) is 2.60. The lowest BCUT2D eigenvalue weighted by molar-refractivity contribution is -0.123. The van der Waals surface area contributed by atoms with Gasteiger partial charge in [-0.05, 0) is 42.7 Å². The highest BCUT2D eigenvalue weighted by molar-refractivity contribution is 5.95. The Balaban J connectivity index is 1.85. The van der Waals surface area contributed by atoms with E-state index in [1.165, 1.54) is 0 Å².